The van der Waals surface area contributed by atoms with E-state index in [0.717, 1.165) is 40.5 Å². The van der Waals surface area contributed by atoms with Crippen molar-refractivity contribution in [3.63, 3.8) is 0 Å². The van der Waals surface area contributed by atoms with Gasteiger partial charge in [-0.3, -0.25) is 0 Å². The number of ether oxygens (including phenoxy) is 1. The molecular weight excluding hydrogens is 578 g/mol. The van der Waals surface area contributed by atoms with E-state index in [2.05, 4.69) is 64.5 Å². The van der Waals surface area contributed by atoms with Gasteiger partial charge >= 0.3 is 0 Å². The SMILES string of the molecule is CCN(CCNS(C)(=O)=O)c1ccc(N(C)C2(n3ccnc3)C(C)=Nn3nc(CCOc4ccc(C)cc4C)nc32)c(C)c1. The summed E-state index contributed by atoms with van der Waals surface area (Å²) in [5.74, 6) is 2.17. The molecule has 0 radical (unpaired) electrons. The molecule has 1 N–H and O–H groups in total. The molecule has 0 saturated carbocycles. The van der Waals surface area contributed by atoms with E-state index in [-0.39, 0.29) is 0 Å². The van der Waals surface area contributed by atoms with Gasteiger partial charge in [-0.05, 0) is 70.0 Å². The molecule has 4 aromatic rings. The summed E-state index contributed by atoms with van der Waals surface area (Å²) in [5, 5.41) is 9.55. The minimum Gasteiger partial charge on any atom is -0.493 e. The molecule has 2 aromatic heterocycles. The van der Waals surface area contributed by atoms with E-state index in [1.54, 1.807) is 17.3 Å². The number of rotatable bonds is 13. The number of nitrogens with one attached hydrogen (secondary N) is 1. The van der Waals surface area contributed by atoms with Gasteiger partial charge in [-0.15, -0.1) is 9.89 Å². The molecule has 44 heavy (non-hydrogen) atoms. The molecule has 0 fully saturated rings. The molecule has 1 unspecified atom stereocenters. The summed E-state index contributed by atoms with van der Waals surface area (Å²) in [6.45, 7) is 12.3. The fourth-order valence-corrected chi connectivity index (χ4v) is 6.33. The third-order valence-corrected chi connectivity index (χ3v) is 8.74. The minimum atomic E-state index is -3.25. The molecule has 0 aliphatic carbocycles. The number of fused-ring (bicyclic) bond motifs is 1. The van der Waals surface area contributed by atoms with Crippen molar-refractivity contribution >= 4 is 27.1 Å². The summed E-state index contributed by atoms with van der Waals surface area (Å²) in [7, 11) is -1.22. The zero-order valence-electron chi connectivity index (χ0n) is 26.4. The molecule has 0 bridgehead atoms. The standard InChI is InChI=1S/C31H41N9O3S/c1-8-38(16-15-33-44(7,41)42)26-10-11-27(23(3)20-26)37(6)31(39-17-14-32-21-39)25(5)35-40-30(31)34-29(36-40)13-18-43-28-12-9-22(2)19-24(28)4/h9-12,14,17,19-21,33H,8,13,15-16,18H2,1-7H3. The molecule has 0 saturated heterocycles. The topological polar surface area (TPSA) is 123 Å². The van der Waals surface area contributed by atoms with Gasteiger partial charge in [0.25, 0.3) is 0 Å². The van der Waals surface area contributed by atoms with E-state index < -0.39 is 15.7 Å². The second-order valence-electron chi connectivity index (χ2n) is 11.2. The fraction of sp³-hybridized carbons (Fsp3) is 0.419. The molecule has 2 aromatic carbocycles. The summed E-state index contributed by atoms with van der Waals surface area (Å²) in [6, 6.07) is 12.4. The lowest BCUT2D eigenvalue weighted by Gasteiger charge is -2.40. The van der Waals surface area contributed by atoms with Crippen molar-refractivity contribution in [3.05, 3.63) is 83.5 Å². The Labute approximate surface area is 259 Å². The van der Waals surface area contributed by atoms with Gasteiger partial charge in [0, 0.05) is 56.9 Å². The molecule has 234 valence electrons. The van der Waals surface area contributed by atoms with Gasteiger partial charge < -0.3 is 19.1 Å². The average molecular weight is 620 g/mol. The number of aryl methyl sites for hydroxylation is 3. The van der Waals surface area contributed by atoms with Crippen LogP contribution in [0.25, 0.3) is 0 Å². The molecule has 13 heteroatoms. The summed E-state index contributed by atoms with van der Waals surface area (Å²) in [5.41, 5.74) is 5.25. The second kappa shape index (κ2) is 12.4. The van der Waals surface area contributed by atoms with Gasteiger partial charge in [0.2, 0.25) is 21.5 Å². The minimum absolute atomic E-state index is 0.334. The van der Waals surface area contributed by atoms with Crippen molar-refractivity contribution in [2.45, 2.75) is 46.7 Å². The predicted molar refractivity (Wildman–Crippen MR) is 173 cm³/mol. The average Bonchev–Trinajstić information content (AvgIpc) is 3.68. The first-order chi connectivity index (χ1) is 20.9. The van der Waals surface area contributed by atoms with Crippen LogP contribution in [0.3, 0.4) is 0 Å². The maximum Gasteiger partial charge on any atom is 0.222 e. The van der Waals surface area contributed by atoms with Gasteiger partial charge in [0.05, 0.1) is 24.9 Å². The largest absolute Gasteiger partial charge is 0.493 e. The molecule has 1 aliphatic rings. The number of anilines is 2. The summed E-state index contributed by atoms with van der Waals surface area (Å²) in [4.78, 5) is 15.3. The molecule has 1 atom stereocenters. The first-order valence-electron chi connectivity index (χ1n) is 14.7. The number of benzene rings is 2. The Hall–Kier alpha value is -4.23. The number of imidazole rings is 1. The smallest absolute Gasteiger partial charge is 0.222 e. The van der Waals surface area contributed by atoms with Crippen LogP contribution in [0.15, 0.2) is 60.2 Å². The maximum atomic E-state index is 11.5. The normalized spacial score (nSPS) is 16.1. The van der Waals surface area contributed by atoms with E-state index in [4.69, 9.17) is 19.9 Å². The quantitative estimate of drug-likeness (QED) is 0.241. The van der Waals surface area contributed by atoms with Crippen molar-refractivity contribution in [2.75, 3.05) is 49.3 Å². The van der Waals surface area contributed by atoms with Gasteiger partial charge in [-0.25, -0.2) is 23.1 Å². The van der Waals surface area contributed by atoms with E-state index in [9.17, 15) is 8.42 Å². The summed E-state index contributed by atoms with van der Waals surface area (Å²) in [6.07, 6.45) is 7.15. The van der Waals surface area contributed by atoms with Gasteiger partial charge in [0.15, 0.2) is 5.82 Å². The van der Waals surface area contributed by atoms with Gasteiger partial charge in [0.1, 0.15) is 5.75 Å². The third-order valence-electron chi connectivity index (χ3n) is 8.01. The number of likely N-dealkylation sites (N-methyl/N-ethyl adjacent to an activating group) is 1. The van der Waals surface area contributed by atoms with Gasteiger partial charge in [-0.2, -0.15) is 5.10 Å². The van der Waals surface area contributed by atoms with E-state index >= 15 is 0 Å². The number of hydrogen-bond donors (Lipinski definition) is 1. The van der Waals surface area contributed by atoms with Crippen LogP contribution in [0, 0.1) is 20.8 Å². The highest BCUT2D eigenvalue weighted by atomic mass is 32.2. The first kappa shape index (κ1) is 31.2. The lowest BCUT2D eigenvalue weighted by atomic mass is 9.99. The predicted octanol–water partition coefficient (Wildman–Crippen LogP) is 3.47. The Kier molecular flexibility index (Phi) is 8.80. The van der Waals surface area contributed by atoms with E-state index in [0.29, 0.717) is 37.8 Å². The van der Waals surface area contributed by atoms with Crippen LogP contribution in [0.2, 0.25) is 0 Å². The molecule has 0 amide bonds. The summed E-state index contributed by atoms with van der Waals surface area (Å²) >= 11 is 0. The molecular formula is C31H41N9O3S. The Morgan fingerprint density at radius 3 is 2.52 bits per heavy atom. The molecule has 5 rings (SSSR count). The van der Waals surface area contributed by atoms with Crippen molar-refractivity contribution < 1.29 is 13.2 Å². The molecule has 0 spiro atoms. The zero-order valence-corrected chi connectivity index (χ0v) is 27.3. The Morgan fingerprint density at radius 1 is 1.07 bits per heavy atom. The highest BCUT2D eigenvalue weighted by molar-refractivity contribution is 7.88. The molecule has 12 nitrogen and oxygen atoms in total. The highest BCUT2D eigenvalue weighted by Crippen LogP contribution is 2.39. The van der Waals surface area contributed by atoms with Crippen molar-refractivity contribution in [1.82, 2.24) is 29.1 Å². The number of sulfonamides is 1. The lowest BCUT2D eigenvalue weighted by molar-refractivity contribution is 0.316. The van der Waals surface area contributed by atoms with E-state index in [1.807, 2.05) is 43.8 Å². The Morgan fingerprint density at radius 2 is 1.86 bits per heavy atom. The fourth-order valence-electron chi connectivity index (χ4n) is 5.87. The third kappa shape index (κ3) is 6.06. The van der Waals surface area contributed by atoms with Crippen LogP contribution in [0.4, 0.5) is 11.4 Å². The van der Waals surface area contributed by atoms with Crippen LogP contribution in [0.5, 0.6) is 5.75 Å². The number of aromatic nitrogens is 5. The maximum absolute atomic E-state index is 11.5. The monoisotopic (exact) mass is 619 g/mol. The second-order valence-corrected chi connectivity index (χ2v) is 13.0. The number of hydrogen-bond acceptors (Lipinski definition) is 9. The van der Waals surface area contributed by atoms with Crippen LogP contribution in [0.1, 0.15) is 42.2 Å². The molecule has 1 aliphatic heterocycles. The first-order valence-corrected chi connectivity index (χ1v) is 16.6. The Balaban J connectivity index is 1.42. The van der Waals surface area contributed by atoms with Crippen LogP contribution in [-0.4, -0.2) is 78.1 Å². The van der Waals surface area contributed by atoms with Crippen molar-refractivity contribution in [3.8, 4) is 5.75 Å². The van der Waals surface area contributed by atoms with Crippen molar-refractivity contribution in [2.24, 2.45) is 5.10 Å². The van der Waals surface area contributed by atoms with Crippen LogP contribution in [-0.2, 0) is 22.1 Å². The zero-order chi connectivity index (χ0) is 31.6. The summed E-state index contributed by atoms with van der Waals surface area (Å²) < 4.78 is 33.7. The van der Waals surface area contributed by atoms with Crippen LogP contribution < -0.4 is 19.3 Å². The highest BCUT2D eigenvalue weighted by Gasteiger charge is 2.51. The molecule has 3 heterocycles. The number of nitrogens with zero attached hydrogens (tertiary/aromatic N) is 8. The Bertz CT molecular complexity index is 1770. The van der Waals surface area contributed by atoms with Crippen molar-refractivity contribution in [1.29, 1.82) is 0 Å². The van der Waals surface area contributed by atoms with Crippen LogP contribution >= 0.6 is 0 Å². The van der Waals surface area contributed by atoms with Gasteiger partial charge in [-0.1, -0.05) is 17.7 Å². The lowest BCUT2D eigenvalue weighted by Crippen LogP contribution is -2.54. The van der Waals surface area contributed by atoms with E-state index in [1.165, 1.54) is 11.8 Å².